The molecule has 3 heteroatoms. The number of hydrogen-bond acceptors (Lipinski definition) is 3. The van der Waals surface area contributed by atoms with Crippen molar-refractivity contribution < 1.29 is 4.74 Å². The molecule has 0 bridgehead atoms. The maximum Gasteiger partial charge on any atom is 0.0640 e. The van der Waals surface area contributed by atoms with E-state index in [0.717, 1.165) is 19.1 Å². The second-order valence-corrected chi connectivity index (χ2v) is 3.95. The second kappa shape index (κ2) is 4.80. The molecule has 3 nitrogen and oxygen atoms in total. The van der Waals surface area contributed by atoms with Gasteiger partial charge in [0.1, 0.15) is 0 Å². The van der Waals surface area contributed by atoms with Gasteiger partial charge in [-0.05, 0) is 25.9 Å². The van der Waals surface area contributed by atoms with Crippen molar-refractivity contribution in [3.8, 4) is 0 Å². The first-order valence-electron chi connectivity index (χ1n) is 4.70. The van der Waals surface area contributed by atoms with Crippen LogP contribution in [0.3, 0.4) is 0 Å². The van der Waals surface area contributed by atoms with Crippen LogP contribution in [-0.4, -0.2) is 44.3 Å². The molecule has 0 spiro atoms. The molecule has 0 aromatic rings. The van der Waals surface area contributed by atoms with Crippen molar-refractivity contribution in [3.05, 3.63) is 0 Å². The van der Waals surface area contributed by atoms with E-state index < -0.39 is 0 Å². The average molecular weight is 172 g/mol. The van der Waals surface area contributed by atoms with E-state index in [1.165, 1.54) is 19.5 Å². The third-order valence-corrected chi connectivity index (χ3v) is 2.29. The molecule has 0 amide bonds. The fourth-order valence-corrected chi connectivity index (χ4v) is 1.41. The Morgan fingerprint density at radius 2 is 2.00 bits per heavy atom. The van der Waals surface area contributed by atoms with Crippen molar-refractivity contribution in [2.24, 2.45) is 11.7 Å². The minimum Gasteiger partial charge on any atom is -0.378 e. The largest absolute Gasteiger partial charge is 0.378 e. The minimum absolute atomic E-state index is 0.343. The van der Waals surface area contributed by atoms with Gasteiger partial charge in [-0.1, -0.05) is 6.92 Å². The maximum atomic E-state index is 5.25. The van der Waals surface area contributed by atoms with Crippen molar-refractivity contribution in [1.82, 2.24) is 4.90 Å². The first kappa shape index (κ1) is 9.96. The highest BCUT2D eigenvalue weighted by Gasteiger charge is 2.13. The number of ether oxygens (including phenoxy) is 1. The van der Waals surface area contributed by atoms with Gasteiger partial charge in [-0.2, -0.15) is 0 Å². The number of nitrogens with zero attached hydrogens (tertiary/aromatic N) is 1. The van der Waals surface area contributed by atoms with Gasteiger partial charge in [-0.25, -0.2) is 0 Å². The Balaban J connectivity index is 0.000000127. The van der Waals surface area contributed by atoms with Crippen molar-refractivity contribution >= 4 is 0 Å². The summed E-state index contributed by atoms with van der Waals surface area (Å²) in [5.74, 6) is 0.949. The van der Waals surface area contributed by atoms with Gasteiger partial charge in [0.15, 0.2) is 0 Å². The van der Waals surface area contributed by atoms with Crippen molar-refractivity contribution in [3.63, 3.8) is 0 Å². The maximum absolute atomic E-state index is 5.25. The average Bonchev–Trinajstić information content (AvgIpc) is 2.32. The highest BCUT2D eigenvalue weighted by molar-refractivity contribution is 4.67. The molecule has 1 atom stereocenters. The molecule has 0 saturated carbocycles. The molecule has 2 fully saturated rings. The lowest BCUT2D eigenvalue weighted by molar-refractivity contribution is 0.0121. The standard InChI is InChI=1S/C6H13N.C3H7NO/c1-6-3-4-7(2)5-6;4-3-1-5-2-3/h6H,3-5H2,1-2H3;3H,1-2,4H2. The van der Waals surface area contributed by atoms with Crippen LogP contribution in [0.4, 0.5) is 0 Å². The lowest BCUT2D eigenvalue weighted by atomic mass is 10.2. The molecule has 0 aliphatic carbocycles. The van der Waals surface area contributed by atoms with Gasteiger partial charge < -0.3 is 15.4 Å². The van der Waals surface area contributed by atoms with Crippen molar-refractivity contribution in [2.75, 3.05) is 33.4 Å². The van der Waals surface area contributed by atoms with E-state index in [1.807, 2.05) is 0 Å². The van der Waals surface area contributed by atoms with E-state index >= 15 is 0 Å². The van der Waals surface area contributed by atoms with Crippen LogP contribution in [0.2, 0.25) is 0 Å². The third kappa shape index (κ3) is 3.52. The van der Waals surface area contributed by atoms with Crippen LogP contribution in [0.5, 0.6) is 0 Å². The first-order chi connectivity index (χ1) is 5.68. The zero-order valence-electron chi connectivity index (χ0n) is 8.12. The van der Waals surface area contributed by atoms with E-state index in [2.05, 4.69) is 18.9 Å². The van der Waals surface area contributed by atoms with E-state index in [4.69, 9.17) is 10.5 Å². The molecule has 1 unspecified atom stereocenters. The summed E-state index contributed by atoms with van der Waals surface area (Å²) in [6.07, 6.45) is 1.40. The summed E-state index contributed by atoms with van der Waals surface area (Å²) in [7, 11) is 2.18. The predicted molar refractivity (Wildman–Crippen MR) is 50.1 cm³/mol. The molecule has 2 rings (SSSR count). The molecular formula is C9H20N2O. The third-order valence-electron chi connectivity index (χ3n) is 2.29. The smallest absolute Gasteiger partial charge is 0.0640 e. The van der Waals surface area contributed by atoms with E-state index in [-0.39, 0.29) is 0 Å². The van der Waals surface area contributed by atoms with Crippen LogP contribution in [0, 0.1) is 5.92 Å². The van der Waals surface area contributed by atoms with Crippen LogP contribution >= 0.6 is 0 Å². The van der Waals surface area contributed by atoms with Gasteiger partial charge >= 0.3 is 0 Å². The summed E-state index contributed by atoms with van der Waals surface area (Å²) in [5.41, 5.74) is 5.25. The van der Waals surface area contributed by atoms with Crippen LogP contribution in [-0.2, 0) is 4.74 Å². The van der Waals surface area contributed by atoms with E-state index in [9.17, 15) is 0 Å². The predicted octanol–water partition coefficient (Wildman–Crippen LogP) is 0.302. The SMILES string of the molecule is CC1CCN(C)C1.NC1COC1. The molecule has 2 N–H and O–H groups in total. The molecule has 2 aliphatic rings. The highest BCUT2D eigenvalue weighted by atomic mass is 16.5. The number of likely N-dealkylation sites (tertiary alicyclic amines) is 1. The molecule has 2 aliphatic heterocycles. The fraction of sp³-hybridized carbons (Fsp3) is 1.00. The molecular weight excluding hydrogens is 152 g/mol. The van der Waals surface area contributed by atoms with E-state index in [1.54, 1.807) is 0 Å². The summed E-state index contributed by atoms with van der Waals surface area (Å²) in [4.78, 5) is 2.38. The fourth-order valence-electron chi connectivity index (χ4n) is 1.41. The van der Waals surface area contributed by atoms with Gasteiger partial charge in [-0.15, -0.1) is 0 Å². The normalized spacial score (nSPS) is 30.8. The van der Waals surface area contributed by atoms with Crippen LogP contribution in [0.15, 0.2) is 0 Å². The van der Waals surface area contributed by atoms with Gasteiger partial charge in [0.2, 0.25) is 0 Å². The Bertz CT molecular complexity index is 118. The van der Waals surface area contributed by atoms with Crippen molar-refractivity contribution in [1.29, 1.82) is 0 Å². The highest BCUT2D eigenvalue weighted by Crippen LogP contribution is 2.11. The quantitative estimate of drug-likeness (QED) is 0.571. The van der Waals surface area contributed by atoms with Gasteiger partial charge in [-0.3, -0.25) is 0 Å². The summed E-state index contributed by atoms with van der Waals surface area (Å²) >= 11 is 0. The molecule has 72 valence electrons. The van der Waals surface area contributed by atoms with Crippen molar-refractivity contribution in [2.45, 2.75) is 19.4 Å². The summed E-state index contributed by atoms with van der Waals surface area (Å²) in [6.45, 7) is 6.45. The Morgan fingerprint density at radius 3 is 2.08 bits per heavy atom. The Hall–Kier alpha value is -0.120. The number of nitrogens with two attached hydrogens (primary N) is 1. The summed E-state index contributed by atoms with van der Waals surface area (Å²) < 4.78 is 4.71. The zero-order valence-corrected chi connectivity index (χ0v) is 8.12. The van der Waals surface area contributed by atoms with Crippen LogP contribution < -0.4 is 5.73 Å². The van der Waals surface area contributed by atoms with E-state index in [0.29, 0.717) is 6.04 Å². The lowest BCUT2D eigenvalue weighted by Gasteiger charge is -2.20. The van der Waals surface area contributed by atoms with Crippen LogP contribution in [0.1, 0.15) is 13.3 Å². The molecule has 0 aromatic heterocycles. The molecule has 0 radical (unpaired) electrons. The molecule has 2 heterocycles. The molecule has 12 heavy (non-hydrogen) atoms. The number of hydrogen-bond donors (Lipinski definition) is 1. The van der Waals surface area contributed by atoms with Gasteiger partial charge in [0.05, 0.1) is 19.3 Å². The lowest BCUT2D eigenvalue weighted by Crippen LogP contribution is -2.41. The number of rotatable bonds is 0. The topological polar surface area (TPSA) is 38.5 Å². The molecule has 2 saturated heterocycles. The van der Waals surface area contributed by atoms with Crippen LogP contribution in [0.25, 0.3) is 0 Å². The summed E-state index contributed by atoms with van der Waals surface area (Å²) in [6, 6.07) is 0.343. The Kier molecular flexibility index (Phi) is 3.98. The zero-order chi connectivity index (χ0) is 8.97. The van der Waals surface area contributed by atoms with Gasteiger partial charge in [0.25, 0.3) is 0 Å². The Labute approximate surface area is 74.9 Å². The first-order valence-corrected chi connectivity index (χ1v) is 4.70. The Morgan fingerprint density at radius 1 is 1.42 bits per heavy atom. The van der Waals surface area contributed by atoms with Gasteiger partial charge in [0, 0.05) is 6.54 Å². The minimum atomic E-state index is 0.343. The molecule has 0 aromatic carbocycles. The summed E-state index contributed by atoms with van der Waals surface area (Å²) in [5, 5.41) is 0. The monoisotopic (exact) mass is 172 g/mol. The second-order valence-electron chi connectivity index (χ2n) is 3.95.